The van der Waals surface area contributed by atoms with E-state index in [-0.39, 0.29) is 19.1 Å². The number of carbonyl (C=O) groups is 2. The van der Waals surface area contributed by atoms with E-state index in [9.17, 15) is 9.59 Å². The molecule has 21 heavy (non-hydrogen) atoms. The molecular formula is C16H21NO4. The third kappa shape index (κ3) is 4.77. The number of carboxylic acid groups (broad SMARTS) is 1. The Hall–Kier alpha value is -2.04. The van der Waals surface area contributed by atoms with Gasteiger partial charge in [-0.25, -0.2) is 0 Å². The average molecular weight is 291 g/mol. The van der Waals surface area contributed by atoms with Crippen LogP contribution in [0.5, 0.6) is 5.75 Å². The van der Waals surface area contributed by atoms with Crippen molar-refractivity contribution in [2.75, 3.05) is 19.7 Å². The molecule has 1 aromatic rings. The van der Waals surface area contributed by atoms with Crippen LogP contribution in [-0.4, -0.2) is 41.6 Å². The van der Waals surface area contributed by atoms with Gasteiger partial charge in [-0.15, -0.1) is 0 Å². The maximum Gasteiger partial charge on any atom is 0.323 e. The van der Waals surface area contributed by atoms with Crippen LogP contribution in [0.3, 0.4) is 0 Å². The van der Waals surface area contributed by atoms with Crippen molar-refractivity contribution in [3.8, 4) is 5.75 Å². The van der Waals surface area contributed by atoms with Gasteiger partial charge in [-0.1, -0.05) is 12.1 Å². The van der Waals surface area contributed by atoms with Gasteiger partial charge in [0.05, 0.1) is 0 Å². The lowest BCUT2D eigenvalue weighted by Crippen LogP contribution is -2.40. The van der Waals surface area contributed by atoms with Crippen LogP contribution >= 0.6 is 0 Å². The molecule has 0 bridgehead atoms. The number of ether oxygens (including phenoxy) is 1. The fourth-order valence-electron chi connectivity index (χ4n) is 2.12. The second-order valence-corrected chi connectivity index (χ2v) is 5.67. The number of aliphatic carboxylic acids is 1. The summed E-state index contributed by atoms with van der Waals surface area (Å²) in [5.74, 6) is -0.139. The molecule has 114 valence electrons. The fraction of sp³-hybridized carbons (Fsp3) is 0.500. The number of hydrogen-bond donors (Lipinski definition) is 1. The summed E-state index contributed by atoms with van der Waals surface area (Å²) in [6.45, 7) is 4.01. The molecule has 1 aliphatic rings. The van der Waals surface area contributed by atoms with Gasteiger partial charge in [0.1, 0.15) is 12.3 Å². The summed E-state index contributed by atoms with van der Waals surface area (Å²) in [5, 5.41) is 8.90. The molecule has 0 radical (unpaired) electrons. The Morgan fingerprint density at radius 1 is 1.33 bits per heavy atom. The van der Waals surface area contributed by atoms with E-state index in [1.54, 1.807) is 0 Å². The minimum absolute atomic E-state index is 0.121. The third-order valence-corrected chi connectivity index (χ3v) is 3.55. The highest BCUT2D eigenvalue weighted by molar-refractivity contribution is 5.82. The molecule has 1 aliphatic carbocycles. The summed E-state index contributed by atoms with van der Waals surface area (Å²) in [5.41, 5.74) is 2.02. The highest BCUT2D eigenvalue weighted by atomic mass is 16.5. The zero-order chi connectivity index (χ0) is 15.4. The van der Waals surface area contributed by atoms with Crippen molar-refractivity contribution in [2.24, 2.45) is 5.92 Å². The van der Waals surface area contributed by atoms with Crippen LogP contribution in [0.1, 0.15) is 24.0 Å². The van der Waals surface area contributed by atoms with Gasteiger partial charge in [0.25, 0.3) is 5.91 Å². The largest absolute Gasteiger partial charge is 0.483 e. The van der Waals surface area contributed by atoms with Crippen molar-refractivity contribution in [1.29, 1.82) is 0 Å². The molecule has 0 heterocycles. The minimum atomic E-state index is -0.990. The molecule has 0 saturated heterocycles. The fourth-order valence-corrected chi connectivity index (χ4v) is 2.12. The molecule has 5 nitrogen and oxygen atoms in total. The van der Waals surface area contributed by atoms with E-state index in [4.69, 9.17) is 9.84 Å². The predicted molar refractivity (Wildman–Crippen MR) is 78.4 cm³/mol. The SMILES string of the molecule is Cc1ccc(C)c(OCC(=O)N(CC(=O)O)CC2CC2)c1. The molecule has 1 N–H and O–H groups in total. The van der Waals surface area contributed by atoms with Crippen LogP contribution in [0.2, 0.25) is 0 Å². The number of rotatable bonds is 7. The molecule has 1 saturated carbocycles. The van der Waals surface area contributed by atoms with Gasteiger partial charge in [-0.3, -0.25) is 9.59 Å². The standard InChI is InChI=1S/C16H21NO4/c1-11-3-4-12(2)14(7-11)21-10-15(18)17(9-16(19)20)8-13-5-6-13/h3-4,7,13H,5-6,8-10H2,1-2H3,(H,19,20). The Labute approximate surface area is 124 Å². The summed E-state index contributed by atoms with van der Waals surface area (Å²) in [6.07, 6.45) is 2.14. The number of carboxylic acids is 1. The first kappa shape index (κ1) is 15.4. The Morgan fingerprint density at radius 3 is 2.67 bits per heavy atom. The lowest BCUT2D eigenvalue weighted by atomic mass is 10.1. The summed E-state index contributed by atoms with van der Waals surface area (Å²) >= 11 is 0. The molecular weight excluding hydrogens is 270 g/mol. The lowest BCUT2D eigenvalue weighted by Gasteiger charge is -2.21. The van der Waals surface area contributed by atoms with Gasteiger partial charge in [0, 0.05) is 6.54 Å². The molecule has 2 rings (SSSR count). The van der Waals surface area contributed by atoms with Crippen molar-refractivity contribution in [1.82, 2.24) is 4.90 Å². The molecule has 1 amide bonds. The van der Waals surface area contributed by atoms with Crippen molar-refractivity contribution >= 4 is 11.9 Å². The molecule has 0 atom stereocenters. The van der Waals surface area contributed by atoms with E-state index < -0.39 is 5.97 Å². The van der Waals surface area contributed by atoms with Gasteiger partial charge < -0.3 is 14.7 Å². The maximum absolute atomic E-state index is 12.1. The molecule has 0 aliphatic heterocycles. The van der Waals surface area contributed by atoms with E-state index in [0.717, 1.165) is 24.0 Å². The van der Waals surface area contributed by atoms with Crippen molar-refractivity contribution < 1.29 is 19.4 Å². The zero-order valence-electron chi connectivity index (χ0n) is 12.5. The predicted octanol–water partition coefficient (Wildman–Crippen LogP) is 2.01. The normalized spacial score (nSPS) is 13.8. The van der Waals surface area contributed by atoms with Crippen LogP contribution in [0.4, 0.5) is 0 Å². The van der Waals surface area contributed by atoms with Crippen molar-refractivity contribution in [3.63, 3.8) is 0 Å². The molecule has 0 unspecified atom stereocenters. The quantitative estimate of drug-likeness (QED) is 0.834. The van der Waals surface area contributed by atoms with Gasteiger partial charge >= 0.3 is 5.97 Å². The molecule has 5 heteroatoms. The number of hydrogen-bond acceptors (Lipinski definition) is 3. The van der Waals surface area contributed by atoms with Gasteiger partial charge in [0.2, 0.25) is 0 Å². The van der Waals surface area contributed by atoms with E-state index in [1.165, 1.54) is 4.90 Å². The first-order valence-electron chi connectivity index (χ1n) is 7.15. The second kappa shape index (κ2) is 6.61. The number of carbonyl (C=O) groups excluding carboxylic acids is 1. The van der Waals surface area contributed by atoms with E-state index in [0.29, 0.717) is 18.2 Å². The Kier molecular flexibility index (Phi) is 4.83. The van der Waals surface area contributed by atoms with Gasteiger partial charge in [-0.2, -0.15) is 0 Å². The number of amides is 1. The molecule has 1 aromatic carbocycles. The van der Waals surface area contributed by atoms with Crippen LogP contribution in [-0.2, 0) is 9.59 Å². The summed E-state index contributed by atoms with van der Waals surface area (Å²) in [4.78, 5) is 24.4. The van der Waals surface area contributed by atoms with Gasteiger partial charge in [-0.05, 0) is 49.8 Å². The first-order chi connectivity index (χ1) is 9.95. The summed E-state index contributed by atoms with van der Waals surface area (Å²) < 4.78 is 5.56. The van der Waals surface area contributed by atoms with Crippen molar-refractivity contribution in [2.45, 2.75) is 26.7 Å². The van der Waals surface area contributed by atoms with E-state index in [2.05, 4.69) is 0 Å². The number of benzene rings is 1. The average Bonchev–Trinajstić information content (AvgIpc) is 3.22. The summed E-state index contributed by atoms with van der Waals surface area (Å²) in [6, 6.07) is 5.80. The number of nitrogens with zero attached hydrogens (tertiary/aromatic N) is 1. The Balaban J connectivity index is 1.94. The molecule has 0 aromatic heterocycles. The number of aryl methyl sites for hydroxylation is 2. The smallest absolute Gasteiger partial charge is 0.323 e. The monoisotopic (exact) mass is 291 g/mol. The maximum atomic E-state index is 12.1. The Morgan fingerprint density at radius 2 is 2.05 bits per heavy atom. The van der Waals surface area contributed by atoms with Crippen LogP contribution in [0.25, 0.3) is 0 Å². The van der Waals surface area contributed by atoms with Crippen molar-refractivity contribution in [3.05, 3.63) is 29.3 Å². The molecule has 1 fully saturated rings. The lowest BCUT2D eigenvalue weighted by molar-refractivity contribution is -0.145. The van der Waals surface area contributed by atoms with Crippen LogP contribution in [0, 0.1) is 19.8 Å². The van der Waals surface area contributed by atoms with Crippen LogP contribution < -0.4 is 4.74 Å². The van der Waals surface area contributed by atoms with E-state index >= 15 is 0 Å². The zero-order valence-corrected chi connectivity index (χ0v) is 12.5. The second-order valence-electron chi connectivity index (χ2n) is 5.67. The molecule has 0 spiro atoms. The first-order valence-corrected chi connectivity index (χ1v) is 7.15. The summed E-state index contributed by atoms with van der Waals surface area (Å²) in [7, 11) is 0. The highest BCUT2D eigenvalue weighted by Crippen LogP contribution is 2.29. The van der Waals surface area contributed by atoms with E-state index in [1.807, 2.05) is 32.0 Å². The Bertz CT molecular complexity index is 537. The third-order valence-electron chi connectivity index (χ3n) is 3.55. The highest BCUT2D eigenvalue weighted by Gasteiger charge is 2.28. The van der Waals surface area contributed by atoms with Gasteiger partial charge in [0.15, 0.2) is 6.61 Å². The van der Waals surface area contributed by atoms with Crippen LogP contribution in [0.15, 0.2) is 18.2 Å². The minimum Gasteiger partial charge on any atom is -0.483 e. The topological polar surface area (TPSA) is 66.8 Å².